The largest absolute Gasteiger partial charge is 0.477 e. The first-order valence-corrected chi connectivity index (χ1v) is 32.2. The number of allylic oxidation sites excluding steroid dienone is 34. The molecule has 0 aromatic heterocycles. The fraction of sp³-hybridized carbons (Fsp3) is 0.513. The Kier molecular flexibility index (Phi) is 59.3. The third kappa shape index (κ3) is 65.3. The molecule has 9 heteroatoms. The van der Waals surface area contributed by atoms with Crippen molar-refractivity contribution in [3.8, 4) is 0 Å². The fourth-order valence-corrected chi connectivity index (χ4v) is 7.68. The zero-order valence-electron chi connectivity index (χ0n) is 53.7. The Balaban J connectivity index is 4.40. The minimum Gasteiger partial charge on any atom is -0.477 e. The molecule has 0 aromatic rings. The normalized spacial score (nSPS) is 14.1. The summed E-state index contributed by atoms with van der Waals surface area (Å²) < 4.78 is 22.8. The molecule has 85 heavy (non-hydrogen) atoms. The van der Waals surface area contributed by atoms with Gasteiger partial charge in [0.25, 0.3) is 6.29 Å². The molecule has 0 rings (SSSR count). The highest BCUT2D eigenvalue weighted by Gasteiger charge is 2.25. The SMILES string of the molecule is CC/C=C\C/C=C\C/C=C\C/C=C\C/C=C\C/C=C\C/C=C\C/C=C\C/C=C\CCCC(=O)OC(COC(=O)CCCCCCCC/C=C\C/C=C\C/C=C\C/C=C\C/C=C\C/C=C\C/C=C\C/C=C\CC)COC(OCC[N+](C)(C)C)C(=O)O. The number of hydrogen-bond donors (Lipinski definition) is 1. The van der Waals surface area contributed by atoms with Crippen molar-refractivity contribution in [2.45, 2.75) is 206 Å². The Bertz CT molecular complexity index is 2140. The number of nitrogens with zero attached hydrogens (tertiary/aromatic N) is 1. The predicted octanol–water partition coefficient (Wildman–Crippen LogP) is 20.0. The van der Waals surface area contributed by atoms with E-state index in [4.69, 9.17) is 18.9 Å². The van der Waals surface area contributed by atoms with Crippen LogP contribution in [-0.2, 0) is 33.3 Å². The van der Waals surface area contributed by atoms with Crippen molar-refractivity contribution in [3.63, 3.8) is 0 Å². The number of carbonyl (C=O) groups excluding carboxylic acids is 2. The minimum atomic E-state index is -1.55. The van der Waals surface area contributed by atoms with E-state index in [9.17, 15) is 19.5 Å². The average Bonchev–Trinajstić information content (AvgIpc) is 3.48. The van der Waals surface area contributed by atoms with E-state index in [0.717, 1.165) is 148 Å². The Hall–Kier alpha value is -6.13. The molecule has 0 amide bonds. The molecule has 2 unspecified atom stereocenters. The third-order valence-electron chi connectivity index (χ3n) is 12.5. The topological polar surface area (TPSA) is 108 Å². The number of likely N-dealkylation sites (N-methyl/N-ethyl adjacent to an activating group) is 1. The van der Waals surface area contributed by atoms with Gasteiger partial charge >= 0.3 is 17.9 Å². The summed E-state index contributed by atoms with van der Waals surface area (Å²) in [4.78, 5) is 37.5. The number of aliphatic carboxylic acids is 1. The van der Waals surface area contributed by atoms with E-state index in [2.05, 4.69) is 220 Å². The molecule has 0 bridgehead atoms. The molecule has 9 nitrogen and oxygen atoms in total. The third-order valence-corrected chi connectivity index (χ3v) is 12.5. The number of esters is 2. The second kappa shape index (κ2) is 63.9. The predicted molar refractivity (Wildman–Crippen MR) is 363 cm³/mol. The minimum absolute atomic E-state index is 0.161. The number of ether oxygens (including phenoxy) is 4. The molecule has 0 aromatic carbocycles. The van der Waals surface area contributed by atoms with E-state index in [1.165, 1.54) is 0 Å². The summed E-state index contributed by atoms with van der Waals surface area (Å²) in [6.07, 6.45) is 97.8. The molecule has 0 saturated heterocycles. The maximum absolute atomic E-state index is 12.9. The van der Waals surface area contributed by atoms with Gasteiger partial charge in [-0.15, -0.1) is 0 Å². The lowest BCUT2D eigenvalue weighted by atomic mass is 10.1. The molecule has 1 N–H and O–H groups in total. The standard InChI is InChI=1S/C76H115NO8/c1-6-8-10-12-14-16-18-20-22-24-26-28-30-32-34-36-37-39-40-42-44-46-48-50-52-54-56-58-60-62-64-66-73(78)83-70-72(71-84-76(75(80)81)82-69-68-77(3,4)5)85-74(79)67-65-63-61-59-57-55-53-51-49-47-45-43-41-38-35-33-31-29-27-25-23-21-19-17-15-13-11-9-7-2/h8-11,14-17,20-23,26-29,32-35,37,39,41-44,47-50,53,55,59,61,72,76H,6-7,12-13,18-19,24-25,30-31,36,38,40,45-46,51-52,54,56-58,60,62-71H2,1-5H3/p+1/b10-8-,11-9-,16-14-,17-15-,22-20-,23-21-,28-26-,29-27-,34-32-,35-33-,39-37-,43-41-,44-42-,49-47-,50-48-,55-53-,61-59-. The number of carboxylic acid groups (broad SMARTS) is 1. The Morgan fingerprint density at radius 1 is 0.353 bits per heavy atom. The van der Waals surface area contributed by atoms with E-state index in [1.807, 2.05) is 21.1 Å². The van der Waals surface area contributed by atoms with Gasteiger partial charge in [0.15, 0.2) is 6.10 Å². The molecule has 0 aliphatic heterocycles. The molecular weight excluding hydrogens is 1050 g/mol. The summed E-state index contributed by atoms with van der Waals surface area (Å²) in [5.41, 5.74) is 0. The second-order valence-corrected chi connectivity index (χ2v) is 21.6. The quantitative estimate of drug-likeness (QED) is 0.0211. The Labute approximate surface area is 518 Å². The van der Waals surface area contributed by atoms with Crippen LogP contribution in [0.15, 0.2) is 207 Å². The van der Waals surface area contributed by atoms with Crippen molar-refractivity contribution in [1.82, 2.24) is 0 Å². The van der Waals surface area contributed by atoms with Gasteiger partial charge in [-0.05, 0) is 141 Å². The van der Waals surface area contributed by atoms with Crippen LogP contribution in [0.5, 0.6) is 0 Å². The lowest BCUT2D eigenvalue weighted by molar-refractivity contribution is -0.870. The summed E-state index contributed by atoms with van der Waals surface area (Å²) in [6, 6.07) is 0. The summed E-state index contributed by atoms with van der Waals surface area (Å²) >= 11 is 0. The van der Waals surface area contributed by atoms with Gasteiger partial charge in [-0.3, -0.25) is 9.59 Å². The molecule has 0 spiro atoms. The molecule has 0 heterocycles. The summed E-state index contributed by atoms with van der Waals surface area (Å²) in [5, 5.41) is 9.73. The molecular formula is C76H116NO8+. The molecule has 2 atom stereocenters. The van der Waals surface area contributed by atoms with Crippen LogP contribution in [0, 0.1) is 0 Å². The van der Waals surface area contributed by atoms with Gasteiger partial charge in [0, 0.05) is 12.8 Å². The van der Waals surface area contributed by atoms with Crippen LogP contribution in [0.3, 0.4) is 0 Å². The Morgan fingerprint density at radius 2 is 0.647 bits per heavy atom. The lowest BCUT2D eigenvalue weighted by Crippen LogP contribution is -2.40. The van der Waals surface area contributed by atoms with Gasteiger partial charge in [0.05, 0.1) is 34.4 Å². The van der Waals surface area contributed by atoms with Crippen LogP contribution in [-0.4, -0.2) is 87.4 Å². The van der Waals surface area contributed by atoms with Crippen LogP contribution >= 0.6 is 0 Å². The van der Waals surface area contributed by atoms with E-state index in [1.54, 1.807) is 0 Å². The van der Waals surface area contributed by atoms with Gasteiger partial charge in [-0.25, -0.2) is 4.79 Å². The van der Waals surface area contributed by atoms with Crippen molar-refractivity contribution in [1.29, 1.82) is 0 Å². The second-order valence-electron chi connectivity index (χ2n) is 21.6. The van der Waals surface area contributed by atoms with Crippen molar-refractivity contribution in [2.24, 2.45) is 0 Å². The van der Waals surface area contributed by atoms with Gasteiger partial charge in [-0.2, -0.15) is 0 Å². The first kappa shape index (κ1) is 78.9. The molecule has 0 saturated carbocycles. The number of unbranched alkanes of at least 4 members (excludes halogenated alkanes) is 7. The van der Waals surface area contributed by atoms with Gasteiger partial charge in [-0.1, -0.05) is 246 Å². The molecule has 0 aliphatic carbocycles. The number of rotatable bonds is 56. The lowest BCUT2D eigenvalue weighted by Gasteiger charge is -2.25. The zero-order valence-corrected chi connectivity index (χ0v) is 53.7. The highest BCUT2D eigenvalue weighted by molar-refractivity contribution is 5.71. The maximum atomic E-state index is 12.9. The van der Waals surface area contributed by atoms with Crippen LogP contribution in [0.4, 0.5) is 0 Å². The van der Waals surface area contributed by atoms with Crippen LogP contribution in [0.1, 0.15) is 194 Å². The summed E-state index contributed by atoms with van der Waals surface area (Å²) in [6.45, 7) is 4.52. The first-order chi connectivity index (χ1) is 41.6. The van der Waals surface area contributed by atoms with Crippen LogP contribution < -0.4 is 0 Å². The van der Waals surface area contributed by atoms with Crippen molar-refractivity contribution < 1.29 is 42.9 Å². The van der Waals surface area contributed by atoms with Gasteiger partial charge in [0.1, 0.15) is 13.2 Å². The number of quaternary nitrogens is 1. The number of hydrogen-bond acceptors (Lipinski definition) is 7. The fourth-order valence-electron chi connectivity index (χ4n) is 7.68. The van der Waals surface area contributed by atoms with Gasteiger partial charge in [0.2, 0.25) is 0 Å². The van der Waals surface area contributed by atoms with Crippen molar-refractivity contribution in [3.05, 3.63) is 207 Å². The molecule has 0 aliphatic rings. The maximum Gasteiger partial charge on any atom is 0.361 e. The highest BCUT2D eigenvalue weighted by Crippen LogP contribution is 2.12. The summed E-state index contributed by atoms with van der Waals surface area (Å²) in [7, 11) is 5.93. The van der Waals surface area contributed by atoms with Crippen molar-refractivity contribution in [2.75, 3.05) is 47.5 Å². The first-order valence-electron chi connectivity index (χ1n) is 32.2. The van der Waals surface area contributed by atoms with E-state index in [-0.39, 0.29) is 38.6 Å². The van der Waals surface area contributed by atoms with Gasteiger partial charge < -0.3 is 28.5 Å². The van der Waals surface area contributed by atoms with E-state index < -0.39 is 24.3 Å². The van der Waals surface area contributed by atoms with Crippen LogP contribution in [0.2, 0.25) is 0 Å². The summed E-state index contributed by atoms with van der Waals surface area (Å²) in [5.74, 6) is -2.14. The monoisotopic (exact) mass is 1170 g/mol. The number of carboxylic acids is 1. The van der Waals surface area contributed by atoms with E-state index >= 15 is 0 Å². The smallest absolute Gasteiger partial charge is 0.361 e. The van der Waals surface area contributed by atoms with Crippen LogP contribution in [0.25, 0.3) is 0 Å². The molecule has 0 radical (unpaired) electrons. The highest BCUT2D eigenvalue weighted by atomic mass is 16.7. The zero-order chi connectivity index (χ0) is 61.9. The molecule has 0 fully saturated rings. The molecule has 472 valence electrons. The Morgan fingerprint density at radius 3 is 0.976 bits per heavy atom. The average molecular weight is 1170 g/mol. The van der Waals surface area contributed by atoms with E-state index in [0.29, 0.717) is 30.3 Å². The van der Waals surface area contributed by atoms with Crippen molar-refractivity contribution >= 4 is 17.9 Å². The number of carbonyl (C=O) groups is 3.